The maximum atomic E-state index is 11.8. The fourth-order valence-electron chi connectivity index (χ4n) is 1.56. The molecule has 1 amide bonds. The Hall–Kier alpha value is -2.70. The van der Waals surface area contributed by atoms with Gasteiger partial charge in [0.2, 0.25) is 5.91 Å². The first-order valence-electron chi connectivity index (χ1n) is 5.59. The quantitative estimate of drug-likeness (QED) is 0.818. The van der Waals surface area contributed by atoms with Crippen molar-refractivity contribution in [2.75, 3.05) is 5.32 Å². The lowest BCUT2D eigenvalue weighted by Crippen LogP contribution is -2.21. The molecule has 19 heavy (non-hydrogen) atoms. The van der Waals surface area contributed by atoms with Crippen LogP contribution in [0.4, 0.5) is 5.69 Å². The molecular formula is C12H12N4O3. The monoisotopic (exact) mass is 260 g/mol. The number of aromatic nitrogens is 3. The van der Waals surface area contributed by atoms with E-state index in [1.165, 1.54) is 10.9 Å². The number of carbonyl (C=O) groups excluding carboxylic acids is 1. The third-order valence-corrected chi connectivity index (χ3v) is 2.38. The molecule has 7 heteroatoms. The highest BCUT2D eigenvalue weighted by atomic mass is 16.4. The third-order valence-electron chi connectivity index (χ3n) is 2.38. The summed E-state index contributed by atoms with van der Waals surface area (Å²) < 4.78 is 1.27. The van der Waals surface area contributed by atoms with Crippen LogP contribution < -0.4 is 5.32 Å². The van der Waals surface area contributed by atoms with E-state index in [9.17, 15) is 9.59 Å². The smallest absolute Gasteiger partial charge is 0.309 e. The van der Waals surface area contributed by atoms with Gasteiger partial charge in [0.15, 0.2) is 0 Å². The Labute approximate surface area is 108 Å². The summed E-state index contributed by atoms with van der Waals surface area (Å²) >= 11 is 0. The van der Waals surface area contributed by atoms with Crippen LogP contribution in [0.2, 0.25) is 0 Å². The number of rotatable bonds is 5. The number of nitrogens with one attached hydrogen (secondary N) is 1. The molecule has 98 valence electrons. The van der Waals surface area contributed by atoms with E-state index in [1.54, 1.807) is 24.3 Å². The summed E-state index contributed by atoms with van der Waals surface area (Å²) in [7, 11) is 0. The minimum atomic E-state index is -0.994. The summed E-state index contributed by atoms with van der Waals surface area (Å²) in [5, 5.41) is 18.7. The molecule has 0 unspecified atom stereocenters. The number of hydrogen-bond acceptors (Lipinski definition) is 4. The number of aliphatic carboxylic acids is 1. The molecule has 1 aromatic heterocycles. The summed E-state index contributed by atoms with van der Waals surface area (Å²) in [6.45, 7) is -0.0719. The molecule has 0 spiro atoms. The molecule has 0 aliphatic rings. The molecule has 2 aromatic rings. The van der Waals surface area contributed by atoms with Crippen LogP contribution in [0.1, 0.15) is 5.69 Å². The summed E-state index contributed by atoms with van der Waals surface area (Å²) in [5.41, 5.74) is 1.06. The molecule has 0 bridgehead atoms. The molecule has 1 heterocycles. The number of anilines is 1. The van der Waals surface area contributed by atoms with E-state index < -0.39 is 5.97 Å². The molecule has 2 N–H and O–H groups in total. The fourth-order valence-corrected chi connectivity index (χ4v) is 1.56. The number of carboxylic acid groups (broad SMARTS) is 1. The van der Waals surface area contributed by atoms with Gasteiger partial charge in [-0.3, -0.25) is 9.59 Å². The van der Waals surface area contributed by atoms with Gasteiger partial charge < -0.3 is 10.4 Å². The van der Waals surface area contributed by atoms with Crippen molar-refractivity contribution in [2.45, 2.75) is 13.0 Å². The van der Waals surface area contributed by atoms with Crippen molar-refractivity contribution in [3.63, 3.8) is 0 Å². The fraction of sp³-hybridized carbons (Fsp3) is 0.167. The van der Waals surface area contributed by atoms with Crippen LogP contribution in [0.15, 0.2) is 36.5 Å². The molecule has 0 aliphatic carbocycles. The van der Waals surface area contributed by atoms with Crippen LogP contribution in [0, 0.1) is 0 Å². The van der Waals surface area contributed by atoms with Crippen LogP contribution in [-0.4, -0.2) is 32.0 Å². The predicted octanol–water partition coefficient (Wildman–Crippen LogP) is 0.544. The second kappa shape index (κ2) is 5.76. The molecule has 0 radical (unpaired) electrons. The van der Waals surface area contributed by atoms with E-state index in [0.717, 1.165) is 0 Å². The second-order valence-corrected chi connectivity index (χ2v) is 3.87. The molecule has 2 rings (SSSR count). The summed E-state index contributed by atoms with van der Waals surface area (Å²) in [6, 6.07) is 8.98. The molecule has 7 nitrogen and oxygen atoms in total. The van der Waals surface area contributed by atoms with Gasteiger partial charge in [0, 0.05) is 5.69 Å². The Morgan fingerprint density at radius 3 is 2.68 bits per heavy atom. The Balaban J connectivity index is 1.99. The standard InChI is InChI=1S/C12H12N4O3/c17-11(14-9-4-2-1-3-5-9)8-16-10(6-12(18)19)7-13-15-16/h1-5,7H,6,8H2,(H,14,17)(H,18,19). The first-order valence-corrected chi connectivity index (χ1v) is 5.59. The Morgan fingerprint density at radius 2 is 2.00 bits per heavy atom. The zero-order valence-corrected chi connectivity index (χ0v) is 9.98. The van der Waals surface area contributed by atoms with Gasteiger partial charge in [0.25, 0.3) is 0 Å². The van der Waals surface area contributed by atoms with Crippen molar-refractivity contribution in [2.24, 2.45) is 0 Å². The van der Waals surface area contributed by atoms with Gasteiger partial charge in [-0.05, 0) is 12.1 Å². The molecule has 0 fully saturated rings. The number of carboxylic acids is 1. The largest absolute Gasteiger partial charge is 0.481 e. The maximum absolute atomic E-state index is 11.8. The molecule has 0 saturated carbocycles. The van der Waals surface area contributed by atoms with E-state index in [0.29, 0.717) is 11.4 Å². The van der Waals surface area contributed by atoms with Gasteiger partial charge in [0.05, 0.1) is 18.3 Å². The normalized spacial score (nSPS) is 10.1. The van der Waals surface area contributed by atoms with Gasteiger partial charge >= 0.3 is 5.97 Å². The summed E-state index contributed by atoms with van der Waals surface area (Å²) in [4.78, 5) is 22.4. The molecule has 1 aromatic carbocycles. The lowest BCUT2D eigenvalue weighted by Gasteiger charge is -2.06. The lowest BCUT2D eigenvalue weighted by molar-refractivity contribution is -0.136. The minimum Gasteiger partial charge on any atom is -0.481 e. The van der Waals surface area contributed by atoms with Gasteiger partial charge in [-0.1, -0.05) is 23.4 Å². The van der Waals surface area contributed by atoms with Gasteiger partial charge in [-0.2, -0.15) is 0 Å². The van der Waals surface area contributed by atoms with Crippen molar-refractivity contribution in [3.05, 3.63) is 42.2 Å². The molecule has 0 saturated heterocycles. The highest BCUT2D eigenvalue weighted by Gasteiger charge is 2.11. The first kappa shape index (κ1) is 12.7. The first-order chi connectivity index (χ1) is 9.15. The van der Waals surface area contributed by atoms with Crippen LogP contribution in [0.25, 0.3) is 0 Å². The average molecular weight is 260 g/mol. The van der Waals surface area contributed by atoms with Crippen LogP contribution in [-0.2, 0) is 22.6 Å². The van der Waals surface area contributed by atoms with Crippen LogP contribution >= 0.6 is 0 Å². The number of nitrogens with zero attached hydrogens (tertiary/aromatic N) is 3. The zero-order chi connectivity index (χ0) is 13.7. The second-order valence-electron chi connectivity index (χ2n) is 3.87. The topological polar surface area (TPSA) is 97.1 Å². The highest BCUT2D eigenvalue weighted by molar-refractivity contribution is 5.90. The van der Waals surface area contributed by atoms with E-state index in [4.69, 9.17) is 5.11 Å². The van der Waals surface area contributed by atoms with Gasteiger partial charge in [-0.25, -0.2) is 4.68 Å². The van der Waals surface area contributed by atoms with Crippen molar-refractivity contribution in [1.82, 2.24) is 15.0 Å². The number of hydrogen-bond donors (Lipinski definition) is 2. The van der Waals surface area contributed by atoms with Gasteiger partial charge in [-0.15, -0.1) is 5.10 Å². The Kier molecular flexibility index (Phi) is 3.87. The average Bonchev–Trinajstić information content (AvgIpc) is 2.77. The van der Waals surface area contributed by atoms with Crippen molar-refractivity contribution in [1.29, 1.82) is 0 Å². The Morgan fingerprint density at radius 1 is 1.26 bits per heavy atom. The number of benzene rings is 1. The maximum Gasteiger partial charge on any atom is 0.309 e. The van der Waals surface area contributed by atoms with Crippen molar-refractivity contribution in [3.8, 4) is 0 Å². The zero-order valence-electron chi connectivity index (χ0n) is 9.98. The predicted molar refractivity (Wildman–Crippen MR) is 66.4 cm³/mol. The van der Waals surface area contributed by atoms with E-state index in [-0.39, 0.29) is 18.9 Å². The molecular weight excluding hydrogens is 248 g/mol. The lowest BCUT2D eigenvalue weighted by atomic mass is 10.3. The molecule has 0 aliphatic heterocycles. The molecule has 0 atom stereocenters. The van der Waals surface area contributed by atoms with E-state index in [2.05, 4.69) is 15.6 Å². The van der Waals surface area contributed by atoms with Crippen molar-refractivity contribution < 1.29 is 14.7 Å². The SMILES string of the molecule is O=C(O)Cc1cnnn1CC(=O)Nc1ccccc1. The summed E-state index contributed by atoms with van der Waals surface area (Å²) in [5.74, 6) is -1.28. The van der Waals surface area contributed by atoms with Gasteiger partial charge in [0.1, 0.15) is 6.54 Å². The number of amides is 1. The van der Waals surface area contributed by atoms with Crippen LogP contribution in [0.5, 0.6) is 0 Å². The summed E-state index contributed by atoms with van der Waals surface area (Å²) in [6.07, 6.45) is 1.12. The minimum absolute atomic E-state index is 0.0719. The highest BCUT2D eigenvalue weighted by Crippen LogP contribution is 2.05. The van der Waals surface area contributed by atoms with Crippen molar-refractivity contribution >= 4 is 17.6 Å². The van der Waals surface area contributed by atoms with E-state index in [1.807, 2.05) is 6.07 Å². The van der Waals surface area contributed by atoms with E-state index >= 15 is 0 Å². The number of carbonyl (C=O) groups is 2. The van der Waals surface area contributed by atoms with Crippen LogP contribution in [0.3, 0.4) is 0 Å². The third kappa shape index (κ3) is 3.63. The number of para-hydroxylation sites is 1. The Bertz CT molecular complexity index is 580.